The van der Waals surface area contributed by atoms with Gasteiger partial charge in [0.05, 0.1) is 0 Å². The number of rotatable bonds is 6. The Labute approximate surface area is 123 Å². The smallest absolute Gasteiger partial charge is 0.218 e. The molecule has 3 nitrogen and oxygen atoms in total. The normalized spacial score (nSPS) is 24.4. The van der Waals surface area contributed by atoms with Crippen LogP contribution in [0.2, 0.25) is 0 Å². The van der Waals surface area contributed by atoms with Crippen molar-refractivity contribution in [2.45, 2.75) is 65.0 Å². The monoisotopic (exact) mass is 276 g/mol. The van der Waals surface area contributed by atoms with Crippen molar-refractivity contribution < 1.29 is 4.74 Å². The Morgan fingerprint density at radius 2 is 2.20 bits per heavy atom. The van der Waals surface area contributed by atoms with Gasteiger partial charge in [0.25, 0.3) is 0 Å². The fourth-order valence-electron chi connectivity index (χ4n) is 2.90. The topological polar surface area (TPSA) is 34.2 Å². The van der Waals surface area contributed by atoms with Crippen LogP contribution >= 0.6 is 0 Å². The molecule has 0 aliphatic heterocycles. The van der Waals surface area contributed by atoms with E-state index in [-0.39, 0.29) is 6.04 Å². The van der Waals surface area contributed by atoms with Crippen molar-refractivity contribution in [3.8, 4) is 5.88 Å². The van der Waals surface area contributed by atoms with E-state index in [1.807, 2.05) is 12.3 Å². The van der Waals surface area contributed by atoms with Crippen LogP contribution in [0.4, 0.5) is 0 Å². The fourth-order valence-corrected chi connectivity index (χ4v) is 2.90. The van der Waals surface area contributed by atoms with Gasteiger partial charge in [-0.1, -0.05) is 26.3 Å². The Kier molecular flexibility index (Phi) is 5.84. The maximum absolute atomic E-state index is 6.25. The molecule has 1 fully saturated rings. The Morgan fingerprint density at radius 3 is 2.95 bits per heavy atom. The van der Waals surface area contributed by atoms with E-state index in [1.165, 1.54) is 24.8 Å². The van der Waals surface area contributed by atoms with Crippen LogP contribution in [0.25, 0.3) is 0 Å². The number of nitrogens with one attached hydrogen (secondary N) is 1. The van der Waals surface area contributed by atoms with E-state index >= 15 is 0 Å². The summed E-state index contributed by atoms with van der Waals surface area (Å²) in [4.78, 5) is 4.47. The Bertz CT molecular complexity index is 408. The van der Waals surface area contributed by atoms with E-state index in [0.29, 0.717) is 12.0 Å². The lowest BCUT2D eigenvalue weighted by Gasteiger charge is -2.30. The summed E-state index contributed by atoms with van der Waals surface area (Å²) >= 11 is 0. The third-order valence-electron chi connectivity index (χ3n) is 4.26. The molecule has 0 spiro atoms. The molecule has 1 heterocycles. The highest BCUT2D eigenvalue weighted by Gasteiger charge is 2.24. The van der Waals surface area contributed by atoms with E-state index in [0.717, 1.165) is 25.3 Å². The second-order valence-corrected chi connectivity index (χ2v) is 5.99. The van der Waals surface area contributed by atoms with Gasteiger partial charge in [0.2, 0.25) is 5.88 Å². The van der Waals surface area contributed by atoms with Gasteiger partial charge >= 0.3 is 0 Å². The Hall–Kier alpha value is -1.09. The van der Waals surface area contributed by atoms with Gasteiger partial charge < -0.3 is 10.1 Å². The Balaban J connectivity index is 2.06. The molecular formula is C17H28N2O. The lowest BCUT2D eigenvalue weighted by Crippen LogP contribution is -2.29. The molecule has 0 aromatic carbocycles. The van der Waals surface area contributed by atoms with Crippen LogP contribution in [-0.4, -0.2) is 17.6 Å². The molecule has 1 aromatic heterocycles. The minimum absolute atomic E-state index is 0.289. The molecule has 1 saturated carbocycles. The van der Waals surface area contributed by atoms with E-state index < -0.39 is 0 Å². The maximum Gasteiger partial charge on any atom is 0.218 e. The van der Waals surface area contributed by atoms with Crippen LogP contribution in [-0.2, 0) is 0 Å². The van der Waals surface area contributed by atoms with Gasteiger partial charge in [-0.15, -0.1) is 0 Å². The van der Waals surface area contributed by atoms with E-state index in [1.54, 1.807) is 0 Å². The van der Waals surface area contributed by atoms with Crippen molar-refractivity contribution in [3.63, 3.8) is 0 Å². The van der Waals surface area contributed by atoms with Crippen molar-refractivity contribution in [1.82, 2.24) is 10.3 Å². The van der Waals surface area contributed by atoms with E-state index in [9.17, 15) is 0 Å². The molecule has 1 N–H and O–H groups in total. The zero-order valence-electron chi connectivity index (χ0n) is 13.1. The van der Waals surface area contributed by atoms with Crippen LogP contribution in [0.15, 0.2) is 18.3 Å². The van der Waals surface area contributed by atoms with Crippen LogP contribution < -0.4 is 10.1 Å². The summed E-state index contributed by atoms with van der Waals surface area (Å²) in [6.45, 7) is 7.69. The van der Waals surface area contributed by atoms with Gasteiger partial charge in [0.1, 0.15) is 6.10 Å². The predicted molar refractivity (Wildman–Crippen MR) is 83.0 cm³/mol. The van der Waals surface area contributed by atoms with Crippen LogP contribution in [0.5, 0.6) is 5.88 Å². The second-order valence-electron chi connectivity index (χ2n) is 5.99. The molecule has 112 valence electrons. The van der Waals surface area contributed by atoms with Crippen LogP contribution in [0, 0.1) is 5.92 Å². The summed E-state index contributed by atoms with van der Waals surface area (Å²) < 4.78 is 6.25. The maximum atomic E-state index is 6.25. The molecule has 0 saturated heterocycles. The second kappa shape index (κ2) is 7.63. The summed E-state index contributed by atoms with van der Waals surface area (Å²) in [5, 5.41) is 3.52. The zero-order valence-corrected chi connectivity index (χ0v) is 13.1. The minimum Gasteiger partial charge on any atom is -0.474 e. The molecule has 0 radical (unpaired) electrons. The highest BCUT2D eigenvalue weighted by atomic mass is 16.5. The lowest BCUT2D eigenvalue weighted by molar-refractivity contribution is 0.0958. The van der Waals surface area contributed by atoms with Gasteiger partial charge in [-0.3, -0.25) is 0 Å². The molecular weight excluding hydrogens is 248 g/mol. The van der Waals surface area contributed by atoms with E-state index in [4.69, 9.17) is 4.74 Å². The van der Waals surface area contributed by atoms with Crippen molar-refractivity contribution in [2.24, 2.45) is 5.92 Å². The number of nitrogens with zero attached hydrogens (tertiary/aromatic N) is 1. The molecule has 0 bridgehead atoms. The van der Waals surface area contributed by atoms with Gasteiger partial charge in [-0.25, -0.2) is 4.98 Å². The molecule has 3 atom stereocenters. The average Bonchev–Trinajstić information content (AvgIpc) is 2.48. The fraction of sp³-hybridized carbons (Fsp3) is 0.706. The highest BCUT2D eigenvalue weighted by Crippen LogP contribution is 2.30. The SMILES string of the molecule is CCCNC(C)c1cccnc1OC1CCCCC1C. The van der Waals surface area contributed by atoms with Crippen molar-refractivity contribution in [2.75, 3.05) is 6.54 Å². The first-order chi connectivity index (χ1) is 9.72. The quantitative estimate of drug-likeness (QED) is 0.849. The molecule has 3 unspecified atom stereocenters. The van der Waals surface area contributed by atoms with Crippen molar-refractivity contribution in [3.05, 3.63) is 23.9 Å². The summed E-state index contributed by atoms with van der Waals surface area (Å²) in [5.41, 5.74) is 1.18. The zero-order chi connectivity index (χ0) is 14.4. The van der Waals surface area contributed by atoms with Gasteiger partial charge in [-0.2, -0.15) is 0 Å². The number of aromatic nitrogens is 1. The number of ether oxygens (including phenoxy) is 1. The summed E-state index contributed by atoms with van der Waals surface area (Å²) in [5.74, 6) is 1.46. The average molecular weight is 276 g/mol. The predicted octanol–water partition coefficient (Wildman–Crippen LogP) is 4.10. The summed E-state index contributed by atoms with van der Waals surface area (Å²) in [6, 6.07) is 4.41. The Morgan fingerprint density at radius 1 is 1.40 bits per heavy atom. The van der Waals surface area contributed by atoms with Crippen LogP contribution in [0.3, 0.4) is 0 Å². The summed E-state index contributed by atoms with van der Waals surface area (Å²) in [7, 11) is 0. The molecule has 1 aromatic rings. The van der Waals surface area contributed by atoms with Gasteiger partial charge in [0.15, 0.2) is 0 Å². The molecule has 3 heteroatoms. The highest BCUT2D eigenvalue weighted by molar-refractivity contribution is 5.28. The van der Waals surface area contributed by atoms with Gasteiger partial charge in [0, 0.05) is 17.8 Å². The standard InChI is InChI=1S/C17H28N2O/c1-4-11-18-14(3)15-9-7-12-19-17(15)20-16-10-6-5-8-13(16)2/h7,9,12-14,16,18H,4-6,8,10-11H2,1-3H3. The number of pyridine rings is 1. The van der Waals surface area contributed by atoms with Gasteiger partial charge in [-0.05, 0) is 51.1 Å². The number of hydrogen-bond donors (Lipinski definition) is 1. The third kappa shape index (κ3) is 3.95. The first-order valence-electron chi connectivity index (χ1n) is 8.07. The first kappa shape index (κ1) is 15.3. The third-order valence-corrected chi connectivity index (χ3v) is 4.26. The summed E-state index contributed by atoms with van der Waals surface area (Å²) in [6.07, 6.45) is 8.35. The van der Waals surface area contributed by atoms with Crippen molar-refractivity contribution in [1.29, 1.82) is 0 Å². The molecule has 1 aliphatic rings. The van der Waals surface area contributed by atoms with E-state index in [2.05, 4.69) is 37.1 Å². The lowest BCUT2D eigenvalue weighted by atomic mass is 9.88. The molecule has 2 rings (SSSR count). The minimum atomic E-state index is 0.289. The number of hydrogen-bond acceptors (Lipinski definition) is 3. The van der Waals surface area contributed by atoms with Crippen molar-refractivity contribution >= 4 is 0 Å². The molecule has 0 amide bonds. The molecule has 1 aliphatic carbocycles. The molecule has 20 heavy (non-hydrogen) atoms. The largest absolute Gasteiger partial charge is 0.474 e. The van der Waals surface area contributed by atoms with Crippen LogP contribution in [0.1, 0.15) is 64.5 Å². The first-order valence-corrected chi connectivity index (χ1v) is 8.07.